The lowest BCUT2D eigenvalue weighted by atomic mass is 9.83. The van der Waals surface area contributed by atoms with Crippen molar-refractivity contribution in [1.82, 2.24) is 9.80 Å². The van der Waals surface area contributed by atoms with Gasteiger partial charge in [-0.25, -0.2) is 0 Å². The average molecular weight is 462 g/mol. The Bertz CT molecular complexity index is 882. The molecule has 0 radical (unpaired) electrons. The quantitative estimate of drug-likeness (QED) is 0.582. The lowest BCUT2D eigenvalue weighted by Gasteiger charge is -2.50. The zero-order valence-corrected chi connectivity index (χ0v) is 20.3. The molecule has 3 rings (SSSR count). The van der Waals surface area contributed by atoms with Crippen molar-refractivity contribution in [3.63, 3.8) is 0 Å². The van der Waals surface area contributed by atoms with E-state index in [-0.39, 0.29) is 5.54 Å². The van der Waals surface area contributed by atoms with E-state index in [0.29, 0.717) is 16.6 Å². The van der Waals surface area contributed by atoms with Crippen LogP contribution in [0, 0.1) is 0 Å². The molecule has 0 aliphatic carbocycles. The van der Waals surface area contributed by atoms with Crippen molar-refractivity contribution in [3.05, 3.63) is 59.1 Å². The lowest BCUT2D eigenvalue weighted by Crippen LogP contribution is -2.62. The van der Waals surface area contributed by atoms with Crippen molar-refractivity contribution >= 4 is 40.4 Å². The van der Waals surface area contributed by atoms with E-state index in [9.17, 15) is 0 Å². The Morgan fingerprint density at radius 1 is 1.23 bits per heavy atom. The molecule has 0 amide bonds. The number of anilines is 2. The normalized spacial score (nSPS) is 20.1. The third-order valence-electron chi connectivity index (χ3n) is 6.00. The summed E-state index contributed by atoms with van der Waals surface area (Å²) in [4.78, 5) is 12.0. The van der Waals surface area contributed by atoms with Crippen molar-refractivity contribution in [2.75, 3.05) is 64.1 Å². The van der Waals surface area contributed by atoms with Gasteiger partial charge < -0.3 is 20.0 Å². The van der Waals surface area contributed by atoms with E-state index >= 15 is 0 Å². The van der Waals surface area contributed by atoms with E-state index in [1.165, 1.54) is 0 Å². The Hall–Kier alpha value is -1.79. The second kappa shape index (κ2) is 10.2. The second-order valence-corrected chi connectivity index (χ2v) is 9.38. The van der Waals surface area contributed by atoms with Gasteiger partial charge in [0, 0.05) is 26.2 Å². The summed E-state index contributed by atoms with van der Waals surface area (Å²) in [5.74, 6) is 1.06. The molecule has 0 saturated carbocycles. The standard InChI is InChI=1S/C24H33Cl2N5/c1-6-8-18(7-2)17-27-23-24(9-11-30(5)12-10-24)28-21-15-19(25)20(26)16-22(21)31(23)14-13-29(3)4/h6-8,15-16,28H,1-2,9-14,17H2,3-5H3/b18-8+,27-23?. The first-order valence-corrected chi connectivity index (χ1v) is 11.4. The molecular formula is C24H33Cl2N5. The van der Waals surface area contributed by atoms with Gasteiger partial charge >= 0.3 is 0 Å². The topological polar surface area (TPSA) is 34.1 Å². The van der Waals surface area contributed by atoms with Gasteiger partial charge in [-0.15, -0.1) is 0 Å². The summed E-state index contributed by atoms with van der Waals surface area (Å²) in [6, 6.07) is 3.90. The number of nitrogens with one attached hydrogen (secondary N) is 1. The van der Waals surface area contributed by atoms with Crippen molar-refractivity contribution in [2.24, 2.45) is 4.99 Å². The van der Waals surface area contributed by atoms with Crippen LogP contribution in [0.4, 0.5) is 11.4 Å². The van der Waals surface area contributed by atoms with E-state index in [2.05, 4.69) is 54.3 Å². The Labute approximate surface area is 196 Å². The van der Waals surface area contributed by atoms with Crippen LogP contribution in [-0.2, 0) is 0 Å². The molecule has 5 nitrogen and oxygen atoms in total. The molecule has 1 saturated heterocycles. The molecule has 1 N–H and O–H groups in total. The van der Waals surface area contributed by atoms with E-state index < -0.39 is 0 Å². The number of piperidine rings is 1. The van der Waals surface area contributed by atoms with Crippen molar-refractivity contribution in [1.29, 1.82) is 0 Å². The first kappa shape index (κ1) is 23.9. The van der Waals surface area contributed by atoms with Gasteiger partial charge in [0.05, 0.1) is 33.5 Å². The van der Waals surface area contributed by atoms with Crippen LogP contribution in [0.15, 0.2) is 54.1 Å². The zero-order chi connectivity index (χ0) is 22.6. The Kier molecular flexibility index (Phi) is 7.87. The Morgan fingerprint density at radius 2 is 1.90 bits per heavy atom. The van der Waals surface area contributed by atoms with Gasteiger partial charge in [0.15, 0.2) is 0 Å². The van der Waals surface area contributed by atoms with Crippen LogP contribution in [-0.4, -0.2) is 75.0 Å². The van der Waals surface area contributed by atoms with Crippen LogP contribution in [0.25, 0.3) is 0 Å². The first-order chi connectivity index (χ1) is 14.8. The number of hydrogen-bond acceptors (Lipinski definition) is 4. The second-order valence-electron chi connectivity index (χ2n) is 8.57. The highest BCUT2D eigenvalue weighted by molar-refractivity contribution is 6.42. The fourth-order valence-corrected chi connectivity index (χ4v) is 4.48. The number of amidine groups is 1. The predicted octanol–water partition coefficient (Wildman–Crippen LogP) is 4.95. The maximum atomic E-state index is 6.43. The van der Waals surface area contributed by atoms with Crippen LogP contribution in [0.3, 0.4) is 0 Å². The molecule has 7 heteroatoms. The minimum atomic E-state index is -0.247. The van der Waals surface area contributed by atoms with Gasteiger partial charge in [-0.3, -0.25) is 4.99 Å². The highest BCUT2D eigenvalue weighted by Gasteiger charge is 2.45. The summed E-state index contributed by atoms with van der Waals surface area (Å²) < 4.78 is 0. The van der Waals surface area contributed by atoms with Crippen molar-refractivity contribution in [2.45, 2.75) is 18.4 Å². The number of rotatable bonds is 7. The fraction of sp³-hybridized carbons (Fsp3) is 0.458. The SMILES string of the molecule is C=C/C=C(\C=C)CN=C1N(CCN(C)C)c2cc(Cl)c(Cl)cc2NC12CCN(C)CC2. The summed E-state index contributed by atoms with van der Waals surface area (Å²) in [5, 5.41) is 4.93. The molecule has 2 aliphatic rings. The molecule has 0 unspecified atom stereocenters. The molecule has 0 bridgehead atoms. The minimum absolute atomic E-state index is 0.247. The maximum Gasteiger partial charge on any atom is 0.130 e. The molecule has 1 aromatic rings. The molecular weight excluding hydrogens is 429 g/mol. The van der Waals surface area contributed by atoms with Crippen LogP contribution in [0.5, 0.6) is 0 Å². The summed E-state index contributed by atoms with van der Waals surface area (Å²) in [6.45, 7) is 12.0. The van der Waals surface area contributed by atoms with Crippen molar-refractivity contribution < 1.29 is 0 Å². The summed E-state index contributed by atoms with van der Waals surface area (Å²) in [6.07, 6.45) is 7.52. The Morgan fingerprint density at radius 3 is 2.52 bits per heavy atom. The molecule has 168 valence electrons. The fourth-order valence-electron chi connectivity index (χ4n) is 4.16. The number of fused-ring (bicyclic) bond motifs is 1. The number of halogens is 2. The number of aliphatic imine (C=N–C) groups is 1. The number of benzene rings is 1. The number of hydrogen-bond donors (Lipinski definition) is 1. The number of likely N-dealkylation sites (N-methyl/N-ethyl adjacent to an activating group) is 1. The van der Waals surface area contributed by atoms with E-state index in [1.54, 1.807) is 6.08 Å². The monoisotopic (exact) mass is 461 g/mol. The summed E-state index contributed by atoms with van der Waals surface area (Å²) in [7, 11) is 6.34. The van der Waals surface area contributed by atoms with Gasteiger partial charge in [-0.05, 0) is 51.7 Å². The first-order valence-electron chi connectivity index (χ1n) is 10.7. The molecule has 1 aromatic carbocycles. The molecule has 2 aliphatic heterocycles. The van der Waals surface area contributed by atoms with Gasteiger partial charge in [0.1, 0.15) is 5.84 Å². The van der Waals surface area contributed by atoms with Gasteiger partial charge in [0.2, 0.25) is 0 Å². The van der Waals surface area contributed by atoms with Crippen LogP contribution >= 0.6 is 23.2 Å². The minimum Gasteiger partial charge on any atom is -0.371 e. The molecule has 0 aromatic heterocycles. The average Bonchev–Trinajstić information content (AvgIpc) is 2.73. The van der Waals surface area contributed by atoms with Crippen molar-refractivity contribution in [3.8, 4) is 0 Å². The number of allylic oxidation sites excluding steroid dienone is 2. The van der Waals surface area contributed by atoms with Gasteiger partial charge in [0.25, 0.3) is 0 Å². The summed E-state index contributed by atoms with van der Waals surface area (Å²) >= 11 is 12.8. The molecule has 0 atom stereocenters. The van der Waals surface area contributed by atoms with Crippen LogP contribution < -0.4 is 10.2 Å². The number of likely N-dealkylation sites (tertiary alicyclic amines) is 1. The summed E-state index contributed by atoms with van der Waals surface area (Å²) in [5.41, 5.74) is 2.83. The third-order valence-corrected chi connectivity index (χ3v) is 6.73. The molecule has 1 spiro atoms. The van der Waals surface area contributed by atoms with E-state index in [1.807, 2.05) is 24.3 Å². The van der Waals surface area contributed by atoms with Crippen LogP contribution in [0.1, 0.15) is 12.8 Å². The Balaban J connectivity index is 2.12. The molecule has 1 fully saturated rings. The smallest absolute Gasteiger partial charge is 0.130 e. The van der Waals surface area contributed by atoms with Gasteiger partial charge in [-0.2, -0.15) is 0 Å². The molecule has 31 heavy (non-hydrogen) atoms. The highest BCUT2D eigenvalue weighted by atomic mass is 35.5. The lowest BCUT2D eigenvalue weighted by molar-refractivity contribution is 0.238. The number of nitrogens with zero attached hydrogens (tertiary/aromatic N) is 4. The largest absolute Gasteiger partial charge is 0.371 e. The maximum absolute atomic E-state index is 6.43. The molecule has 2 heterocycles. The van der Waals surface area contributed by atoms with Gasteiger partial charge in [-0.1, -0.05) is 54.6 Å². The highest BCUT2D eigenvalue weighted by Crippen LogP contribution is 2.43. The zero-order valence-electron chi connectivity index (χ0n) is 18.8. The van der Waals surface area contributed by atoms with E-state index in [0.717, 1.165) is 61.8 Å². The predicted molar refractivity (Wildman–Crippen MR) is 136 cm³/mol. The van der Waals surface area contributed by atoms with E-state index in [4.69, 9.17) is 28.2 Å². The third kappa shape index (κ3) is 5.35. The van der Waals surface area contributed by atoms with Crippen LogP contribution in [0.2, 0.25) is 10.0 Å².